The summed E-state index contributed by atoms with van der Waals surface area (Å²) in [5, 5.41) is 2.81. The van der Waals surface area contributed by atoms with Crippen LogP contribution in [0.2, 0.25) is 0 Å². The lowest BCUT2D eigenvalue weighted by atomic mass is 9.99. The number of hydrogen-bond donors (Lipinski definition) is 1. The maximum absolute atomic E-state index is 12.6. The molecule has 3 fully saturated rings. The highest BCUT2D eigenvalue weighted by Gasteiger charge is 2.48. The first-order valence-electron chi connectivity index (χ1n) is 7.22. The first kappa shape index (κ1) is 13.9. The Bertz CT molecular complexity index is 527. The predicted molar refractivity (Wildman–Crippen MR) is 72.6 cm³/mol. The zero-order chi connectivity index (χ0) is 14.5. The molecule has 1 N–H and O–H groups in total. The summed E-state index contributed by atoms with van der Waals surface area (Å²) in [5.41, 5.74) is 0. The molecule has 112 valence electrons. The molecule has 2 heterocycles. The highest BCUT2D eigenvalue weighted by atomic mass is 32.2. The van der Waals surface area contributed by atoms with Crippen LogP contribution >= 0.6 is 0 Å². The summed E-state index contributed by atoms with van der Waals surface area (Å²) in [7, 11) is -2.96. The highest BCUT2D eigenvalue weighted by molar-refractivity contribution is 7.91. The van der Waals surface area contributed by atoms with Crippen LogP contribution in [0.3, 0.4) is 0 Å². The molecule has 0 aromatic heterocycles. The SMILES string of the molecule is CC1C(=O)NC(C2CC2)C(=O)N1C1CCS(=O)(=O)CC1. The number of amides is 2. The van der Waals surface area contributed by atoms with Crippen molar-refractivity contribution in [2.45, 2.75) is 50.7 Å². The number of rotatable bonds is 2. The molecular weight excluding hydrogens is 280 g/mol. The number of hydrogen-bond acceptors (Lipinski definition) is 4. The van der Waals surface area contributed by atoms with E-state index in [1.165, 1.54) is 0 Å². The molecule has 2 unspecified atom stereocenters. The van der Waals surface area contributed by atoms with Crippen LogP contribution in [0.5, 0.6) is 0 Å². The van der Waals surface area contributed by atoms with Crippen LogP contribution in [0.1, 0.15) is 32.6 Å². The van der Waals surface area contributed by atoms with Gasteiger partial charge in [-0.1, -0.05) is 0 Å². The maximum atomic E-state index is 12.6. The van der Waals surface area contributed by atoms with Gasteiger partial charge in [-0.2, -0.15) is 0 Å². The zero-order valence-corrected chi connectivity index (χ0v) is 12.4. The Kier molecular flexibility index (Phi) is 3.27. The van der Waals surface area contributed by atoms with Crippen LogP contribution < -0.4 is 5.32 Å². The second-order valence-electron chi connectivity index (χ2n) is 6.13. The largest absolute Gasteiger partial charge is 0.342 e. The van der Waals surface area contributed by atoms with E-state index in [9.17, 15) is 18.0 Å². The predicted octanol–water partition coefficient (Wildman–Crippen LogP) is -0.311. The molecule has 20 heavy (non-hydrogen) atoms. The summed E-state index contributed by atoms with van der Waals surface area (Å²) < 4.78 is 23.0. The number of nitrogens with zero attached hydrogens (tertiary/aromatic N) is 1. The lowest BCUT2D eigenvalue weighted by molar-refractivity contribution is -0.152. The number of sulfone groups is 1. The smallest absolute Gasteiger partial charge is 0.246 e. The Labute approximate surface area is 118 Å². The van der Waals surface area contributed by atoms with Crippen molar-refractivity contribution in [2.24, 2.45) is 5.92 Å². The van der Waals surface area contributed by atoms with Crippen molar-refractivity contribution in [1.29, 1.82) is 0 Å². The quantitative estimate of drug-likeness (QED) is 0.758. The minimum Gasteiger partial charge on any atom is -0.342 e. The topological polar surface area (TPSA) is 83.6 Å². The standard InChI is InChI=1S/C13H20N2O4S/c1-8-12(16)14-11(9-2-3-9)13(17)15(8)10-4-6-20(18,19)7-5-10/h8-11H,2-7H2,1H3,(H,14,16). The van der Waals surface area contributed by atoms with Gasteiger partial charge in [-0.15, -0.1) is 0 Å². The Balaban J connectivity index is 1.78. The first-order valence-corrected chi connectivity index (χ1v) is 9.04. The van der Waals surface area contributed by atoms with Crippen molar-refractivity contribution < 1.29 is 18.0 Å². The van der Waals surface area contributed by atoms with Crippen LogP contribution in [0, 0.1) is 5.92 Å². The van der Waals surface area contributed by atoms with E-state index < -0.39 is 21.9 Å². The highest BCUT2D eigenvalue weighted by Crippen LogP contribution is 2.36. The molecule has 3 aliphatic rings. The molecule has 3 rings (SSSR count). The average Bonchev–Trinajstić information content (AvgIpc) is 3.20. The van der Waals surface area contributed by atoms with Gasteiger partial charge in [0.05, 0.1) is 11.5 Å². The molecule has 0 bridgehead atoms. The van der Waals surface area contributed by atoms with Crippen molar-refractivity contribution in [3.63, 3.8) is 0 Å². The van der Waals surface area contributed by atoms with Crippen LogP contribution in [0.25, 0.3) is 0 Å². The van der Waals surface area contributed by atoms with Gasteiger partial charge in [0, 0.05) is 6.04 Å². The van der Waals surface area contributed by atoms with Crippen molar-refractivity contribution in [3.05, 3.63) is 0 Å². The normalized spacial score (nSPS) is 35.0. The Morgan fingerprint density at radius 1 is 1.10 bits per heavy atom. The van der Waals surface area contributed by atoms with E-state index in [-0.39, 0.29) is 35.3 Å². The van der Waals surface area contributed by atoms with Gasteiger partial charge in [-0.05, 0) is 38.5 Å². The van der Waals surface area contributed by atoms with Crippen molar-refractivity contribution in [1.82, 2.24) is 10.2 Å². The molecule has 2 amide bonds. The second kappa shape index (κ2) is 4.72. The van der Waals surface area contributed by atoms with Crippen molar-refractivity contribution in [3.8, 4) is 0 Å². The van der Waals surface area contributed by atoms with Gasteiger partial charge in [-0.3, -0.25) is 9.59 Å². The van der Waals surface area contributed by atoms with Crippen LogP contribution in [-0.4, -0.2) is 54.8 Å². The van der Waals surface area contributed by atoms with Gasteiger partial charge >= 0.3 is 0 Å². The molecule has 1 aliphatic carbocycles. The van der Waals surface area contributed by atoms with E-state index in [1.807, 2.05) is 0 Å². The van der Waals surface area contributed by atoms with Crippen LogP contribution in [0.4, 0.5) is 0 Å². The fourth-order valence-corrected chi connectivity index (χ4v) is 4.68. The van der Waals surface area contributed by atoms with Gasteiger partial charge in [0.25, 0.3) is 0 Å². The number of carbonyl (C=O) groups excluding carboxylic acids is 2. The zero-order valence-electron chi connectivity index (χ0n) is 11.5. The third kappa shape index (κ3) is 2.43. The summed E-state index contributed by atoms with van der Waals surface area (Å²) >= 11 is 0. The summed E-state index contributed by atoms with van der Waals surface area (Å²) in [6.07, 6.45) is 2.86. The number of nitrogens with one attached hydrogen (secondary N) is 1. The summed E-state index contributed by atoms with van der Waals surface area (Å²) in [5.74, 6) is 0.362. The minimum absolute atomic E-state index is 0.0242. The van der Waals surface area contributed by atoms with Crippen LogP contribution in [-0.2, 0) is 19.4 Å². The molecule has 0 spiro atoms. The Morgan fingerprint density at radius 2 is 1.70 bits per heavy atom. The fraction of sp³-hybridized carbons (Fsp3) is 0.846. The third-order valence-electron chi connectivity index (χ3n) is 4.63. The molecule has 2 saturated heterocycles. The summed E-state index contributed by atoms with van der Waals surface area (Å²) in [6.45, 7) is 1.72. The molecular formula is C13H20N2O4S. The van der Waals surface area contributed by atoms with Crippen LogP contribution in [0.15, 0.2) is 0 Å². The third-order valence-corrected chi connectivity index (χ3v) is 6.34. The van der Waals surface area contributed by atoms with Gasteiger partial charge < -0.3 is 10.2 Å². The lowest BCUT2D eigenvalue weighted by Crippen LogP contribution is -2.66. The minimum atomic E-state index is -2.96. The molecule has 0 aromatic carbocycles. The molecule has 7 heteroatoms. The van der Waals surface area contributed by atoms with Gasteiger partial charge in [0.1, 0.15) is 21.9 Å². The van der Waals surface area contributed by atoms with Crippen molar-refractivity contribution in [2.75, 3.05) is 11.5 Å². The van der Waals surface area contributed by atoms with E-state index in [0.717, 1.165) is 12.8 Å². The van der Waals surface area contributed by atoms with Gasteiger partial charge in [-0.25, -0.2) is 8.42 Å². The lowest BCUT2D eigenvalue weighted by Gasteiger charge is -2.43. The molecule has 0 aromatic rings. The van der Waals surface area contributed by atoms with E-state index >= 15 is 0 Å². The number of carbonyl (C=O) groups is 2. The Morgan fingerprint density at radius 3 is 2.25 bits per heavy atom. The van der Waals surface area contributed by atoms with Gasteiger partial charge in [0.15, 0.2) is 0 Å². The maximum Gasteiger partial charge on any atom is 0.246 e. The monoisotopic (exact) mass is 300 g/mol. The van der Waals surface area contributed by atoms with E-state index in [2.05, 4.69) is 5.32 Å². The van der Waals surface area contributed by atoms with E-state index in [1.54, 1.807) is 11.8 Å². The molecule has 2 aliphatic heterocycles. The summed E-state index contributed by atoms with van der Waals surface area (Å²) in [6, 6.07) is -1.01. The van der Waals surface area contributed by atoms with Crippen molar-refractivity contribution >= 4 is 21.7 Å². The van der Waals surface area contributed by atoms with E-state index in [4.69, 9.17) is 0 Å². The second-order valence-corrected chi connectivity index (χ2v) is 8.43. The molecule has 6 nitrogen and oxygen atoms in total. The molecule has 1 saturated carbocycles. The fourth-order valence-electron chi connectivity index (χ4n) is 3.21. The molecule has 0 radical (unpaired) electrons. The first-order chi connectivity index (χ1) is 9.39. The number of piperazine rings is 1. The average molecular weight is 300 g/mol. The van der Waals surface area contributed by atoms with Gasteiger partial charge in [0.2, 0.25) is 11.8 Å². The Hall–Kier alpha value is -1.11. The summed E-state index contributed by atoms with van der Waals surface area (Å²) in [4.78, 5) is 26.3. The van der Waals surface area contributed by atoms with E-state index in [0.29, 0.717) is 12.8 Å². The molecule has 2 atom stereocenters.